The molecule has 0 saturated carbocycles. The van der Waals surface area contributed by atoms with E-state index < -0.39 is 22.5 Å². The summed E-state index contributed by atoms with van der Waals surface area (Å²) in [5, 5.41) is 6.09. The van der Waals surface area contributed by atoms with Gasteiger partial charge in [-0.2, -0.15) is 0 Å². The number of hydrogen-bond donors (Lipinski definition) is 1. The Labute approximate surface area is 225 Å². The highest BCUT2D eigenvalue weighted by Crippen LogP contribution is 2.33. The molecular formula is C27H26ClN3O4S2. The number of anilines is 2. The highest BCUT2D eigenvalue weighted by atomic mass is 35.5. The summed E-state index contributed by atoms with van der Waals surface area (Å²) in [6, 6.07) is 17.0. The third kappa shape index (κ3) is 5.95. The van der Waals surface area contributed by atoms with Gasteiger partial charge in [-0.15, -0.1) is 11.3 Å². The Kier molecular flexibility index (Phi) is 7.87. The lowest BCUT2D eigenvalue weighted by Gasteiger charge is -2.25. The maximum atomic E-state index is 13.9. The summed E-state index contributed by atoms with van der Waals surface area (Å²) in [5.74, 6) is -0.334. The van der Waals surface area contributed by atoms with Crippen LogP contribution in [0, 0.1) is 20.8 Å². The summed E-state index contributed by atoms with van der Waals surface area (Å²) in [5.41, 5.74) is 3.97. The van der Waals surface area contributed by atoms with Crippen LogP contribution in [-0.2, 0) is 14.8 Å². The second kappa shape index (κ2) is 10.9. The van der Waals surface area contributed by atoms with Crippen LogP contribution in [-0.4, -0.2) is 33.0 Å². The lowest BCUT2D eigenvalue weighted by molar-refractivity contribution is -0.114. The fourth-order valence-electron chi connectivity index (χ4n) is 3.74. The van der Waals surface area contributed by atoms with E-state index in [2.05, 4.69) is 10.3 Å². The molecule has 1 aromatic heterocycles. The van der Waals surface area contributed by atoms with E-state index in [4.69, 9.17) is 16.3 Å². The molecule has 0 unspecified atom stereocenters. The number of methoxy groups -OCH3 is 1. The van der Waals surface area contributed by atoms with E-state index in [1.807, 2.05) is 31.4 Å². The van der Waals surface area contributed by atoms with Crippen LogP contribution in [0.15, 0.2) is 70.9 Å². The molecule has 4 rings (SSSR count). The number of carbonyl (C=O) groups is 1. The molecule has 0 radical (unpaired) electrons. The summed E-state index contributed by atoms with van der Waals surface area (Å²) in [4.78, 5) is 17.7. The first-order valence-electron chi connectivity index (χ1n) is 11.3. The third-order valence-corrected chi connectivity index (χ3v) is 8.65. The molecule has 1 heterocycles. The largest absolute Gasteiger partial charge is 0.495 e. The number of ether oxygens (including phenoxy) is 1. The minimum absolute atomic E-state index is 0.0413. The standard InChI is InChI=1S/C27H26ClN3O4S2/c1-17-8-11-25(35-4)26(12-17)37(33,34)31(22-10-9-18(2)23(28)14-22)15-27(32)30-21-7-5-6-20(13-21)24-16-36-19(3)29-24/h5-14,16H,15H2,1-4H3,(H,30,32). The van der Waals surface area contributed by atoms with Crippen molar-refractivity contribution in [3.8, 4) is 17.0 Å². The van der Waals surface area contributed by atoms with Gasteiger partial charge in [0.1, 0.15) is 17.2 Å². The van der Waals surface area contributed by atoms with Crippen molar-refractivity contribution in [3.05, 3.63) is 87.2 Å². The van der Waals surface area contributed by atoms with Gasteiger partial charge in [0.15, 0.2) is 0 Å². The van der Waals surface area contributed by atoms with Crippen LogP contribution in [0.1, 0.15) is 16.1 Å². The average molecular weight is 556 g/mol. The van der Waals surface area contributed by atoms with Crippen LogP contribution < -0.4 is 14.4 Å². The molecule has 192 valence electrons. The number of amides is 1. The monoisotopic (exact) mass is 555 g/mol. The number of hydrogen-bond acceptors (Lipinski definition) is 6. The molecule has 0 atom stereocenters. The summed E-state index contributed by atoms with van der Waals surface area (Å²) in [7, 11) is -2.80. The van der Waals surface area contributed by atoms with Gasteiger partial charge in [-0.25, -0.2) is 13.4 Å². The van der Waals surface area contributed by atoms with E-state index in [1.165, 1.54) is 30.6 Å². The van der Waals surface area contributed by atoms with Crippen molar-refractivity contribution < 1.29 is 17.9 Å². The highest BCUT2D eigenvalue weighted by molar-refractivity contribution is 7.93. The van der Waals surface area contributed by atoms with Crippen molar-refractivity contribution in [2.24, 2.45) is 0 Å². The van der Waals surface area contributed by atoms with E-state index in [1.54, 1.807) is 43.3 Å². The molecule has 1 N–H and O–H groups in total. The molecule has 1 amide bonds. The van der Waals surface area contributed by atoms with Crippen LogP contribution in [0.3, 0.4) is 0 Å². The maximum Gasteiger partial charge on any atom is 0.268 e. The second-order valence-electron chi connectivity index (χ2n) is 8.48. The second-order valence-corrected chi connectivity index (χ2v) is 11.8. The normalized spacial score (nSPS) is 11.3. The number of nitrogens with one attached hydrogen (secondary N) is 1. The molecule has 3 aromatic carbocycles. The first kappa shape index (κ1) is 26.7. The average Bonchev–Trinajstić information content (AvgIpc) is 3.30. The van der Waals surface area contributed by atoms with Crippen LogP contribution >= 0.6 is 22.9 Å². The SMILES string of the molecule is COc1ccc(C)cc1S(=O)(=O)N(CC(=O)Nc1cccc(-c2csc(C)n2)c1)c1ccc(C)c(Cl)c1. The third-order valence-electron chi connectivity index (χ3n) is 5.68. The van der Waals surface area contributed by atoms with E-state index in [-0.39, 0.29) is 16.3 Å². The van der Waals surface area contributed by atoms with E-state index in [0.29, 0.717) is 10.7 Å². The Balaban J connectivity index is 1.69. The first-order valence-corrected chi connectivity index (χ1v) is 14.0. The predicted molar refractivity (Wildman–Crippen MR) is 149 cm³/mol. The molecule has 7 nitrogen and oxygen atoms in total. The van der Waals surface area contributed by atoms with Crippen molar-refractivity contribution >= 4 is 50.2 Å². The molecule has 0 saturated heterocycles. The minimum Gasteiger partial charge on any atom is -0.495 e. The number of halogens is 1. The molecular weight excluding hydrogens is 530 g/mol. The summed E-state index contributed by atoms with van der Waals surface area (Å²) >= 11 is 7.87. The number of aryl methyl sites for hydroxylation is 3. The molecule has 0 aliphatic carbocycles. The van der Waals surface area contributed by atoms with Gasteiger partial charge in [-0.1, -0.05) is 35.9 Å². The fraction of sp³-hybridized carbons (Fsp3) is 0.185. The van der Waals surface area contributed by atoms with Crippen LogP contribution in [0.4, 0.5) is 11.4 Å². The molecule has 10 heteroatoms. The van der Waals surface area contributed by atoms with Gasteiger partial charge in [0.25, 0.3) is 10.0 Å². The van der Waals surface area contributed by atoms with Gasteiger partial charge in [0, 0.05) is 21.7 Å². The minimum atomic E-state index is -4.20. The summed E-state index contributed by atoms with van der Waals surface area (Å²) in [6.07, 6.45) is 0. The van der Waals surface area contributed by atoms with Gasteiger partial charge in [-0.05, 0) is 68.3 Å². The quantitative estimate of drug-likeness (QED) is 0.278. The van der Waals surface area contributed by atoms with Gasteiger partial charge < -0.3 is 10.1 Å². The van der Waals surface area contributed by atoms with Crippen molar-refractivity contribution in [2.75, 3.05) is 23.3 Å². The van der Waals surface area contributed by atoms with Crippen LogP contribution in [0.2, 0.25) is 5.02 Å². The molecule has 4 aromatic rings. The van der Waals surface area contributed by atoms with Gasteiger partial charge in [0.05, 0.1) is 23.5 Å². The van der Waals surface area contributed by atoms with E-state index in [9.17, 15) is 13.2 Å². The molecule has 0 aliphatic rings. The number of aromatic nitrogens is 1. The number of carbonyl (C=O) groups excluding carboxylic acids is 1. The molecule has 0 spiro atoms. The summed E-state index contributed by atoms with van der Waals surface area (Å²) < 4.78 is 34.2. The van der Waals surface area contributed by atoms with E-state index >= 15 is 0 Å². The fourth-order valence-corrected chi connectivity index (χ4v) is 6.19. The smallest absolute Gasteiger partial charge is 0.268 e. The Morgan fingerprint density at radius 2 is 1.86 bits per heavy atom. The van der Waals surface area contributed by atoms with Crippen molar-refractivity contribution in [3.63, 3.8) is 0 Å². The molecule has 0 bridgehead atoms. The molecule has 0 aliphatic heterocycles. The number of thiazole rings is 1. The lowest BCUT2D eigenvalue weighted by atomic mass is 10.1. The van der Waals surface area contributed by atoms with Gasteiger partial charge in [0.2, 0.25) is 5.91 Å². The Bertz CT molecular complexity index is 1570. The van der Waals surface area contributed by atoms with Gasteiger partial charge in [-0.3, -0.25) is 9.10 Å². The molecule has 37 heavy (non-hydrogen) atoms. The van der Waals surface area contributed by atoms with Crippen molar-refractivity contribution in [1.29, 1.82) is 0 Å². The topological polar surface area (TPSA) is 88.6 Å². The molecule has 0 fully saturated rings. The van der Waals surface area contributed by atoms with Crippen molar-refractivity contribution in [1.82, 2.24) is 4.98 Å². The Hall–Kier alpha value is -3.40. The number of rotatable bonds is 8. The predicted octanol–water partition coefficient (Wildman–Crippen LogP) is 6.23. The van der Waals surface area contributed by atoms with E-state index in [0.717, 1.165) is 31.7 Å². The number of nitrogens with zero attached hydrogens (tertiary/aromatic N) is 2. The van der Waals surface area contributed by atoms with Crippen LogP contribution in [0.5, 0.6) is 5.75 Å². The number of benzene rings is 3. The van der Waals surface area contributed by atoms with Crippen LogP contribution in [0.25, 0.3) is 11.3 Å². The Morgan fingerprint density at radius 1 is 1.08 bits per heavy atom. The summed E-state index contributed by atoms with van der Waals surface area (Å²) in [6.45, 7) is 5.06. The van der Waals surface area contributed by atoms with Gasteiger partial charge >= 0.3 is 0 Å². The number of sulfonamides is 1. The Morgan fingerprint density at radius 3 is 2.54 bits per heavy atom. The zero-order valence-electron chi connectivity index (χ0n) is 20.8. The first-order chi connectivity index (χ1) is 17.6. The lowest BCUT2D eigenvalue weighted by Crippen LogP contribution is -2.38. The van der Waals surface area contributed by atoms with Crippen molar-refractivity contribution in [2.45, 2.75) is 25.7 Å². The zero-order valence-corrected chi connectivity index (χ0v) is 23.2. The highest BCUT2D eigenvalue weighted by Gasteiger charge is 2.30. The zero-order chi connectivity index (χ0) is 26.7. The maximum absolute atomic E-state index is 13.9.